The fourth-order valence-corrected chi connectivity index (χ4v) is 2.83. The topological polar surface area (TPSA) is 69.3 Å². The molecule has 0 saturated heterocycles. The van der Waals surface area contributed by atoms with Crippen molar-refractivity contribution in [3.05, 3.63) is 18.0 Å². The molecule has 1 aliphatic carbocycles. The first-order chi connectivity index (χ1) is 9.40. The van der Waals surface area contributed by atoms with Gasteiger partial charge in [-0.15, -0.1) is 0 Å². The number of nitrogen functional groups attached to an aromatic ring is 1. The second kappa shape index (κ2) is 5.48. The average molecular weight is 279 g/mol. The minimum Gasteiger partial charge on any atom is -0.397 e. The maximum atomic E-state index is 12.4. The van der Waals surface area contributed by atoms with E-state index in [-0.39, 0.29) is 23.5 Å². The number of carbonyl (C=O) groups is 1. The fraction of sp³-hybridized carbons (Fsp3) is 0.667. The summed E-state index contributed by atoms with van der Waals surface area (Å²) >= 11 is 0. The molecular formula is C15H25N3O2. The third-order valence-corrected chi connectivity index (χ3v) is 4.34. The molecular weight excluding hydrogens is 254 g/mol. The first-order valence-electron chi connectivity index (χ1n) is 7.28. The van der Waals surface area contributed by atoms with Crippen molar-refractivity contribution < 1.29 is 9.53 Å². The molecule has 1 heterocycles. The molecule has 3 N–H and O–H groups in total. The SMILES string of the molecule is CCOC1CC(NC(=O)c2cc(N)cn2CC)C1(C)C. The monoisotopic (exact) mass is 279 g/mol. The number of amides is 1. The Bertz CT molecular complexity index is 493. The van der Waals surface area contributed by atoms with Crippen molar-refractivity contribution in [3.63, 3.8) is 0 Å². The molecule has 0 bridgehead atoms. The van der Waals surface area contributed by atoms with Crippen LogP contribution in [0.3, 0.4) is 0 Å². The van der Waals surface area contributed by atoms with Crippen molar-refractivity contribution >= 4 is 11.6 Å². The van der Waals surface area contributed by atoms with E-state index in [2.05, 4.69) is 19.2 Å². The van der Waals surface area contributed by atoms with Crippen LogP contribution in [0.15, 0.2) is 12.3 Å². The van der Waals surface area contributed by atoms with Gasteiger partial charge in [-0.05, 0) is 26.3 Å². The summed E-state index contributed by atoms with van der Waals surface area (Å²) in [7, 11) is 0. The van der Waals surface area contributed by atoms with Gasteiger partial charge in [0.25, 0.3) is 5.91 Å². The van der Waals surface area contributed by atoms with E-state index < -0.39 is 0 Å². The van der Waals surface area contributed by atoms with E-state index in [9.17, 15) is 4.79 Å². The molecule has 2 rings (SSSR count). The van der Waals surface area contributed by atoms with E-state index in [1.54, 1.807) is 12.3 Å². The lowest BCUT2D eigenvalue weighted by Gasteiger charge is -2.51. The smallest absolute Gasteiger partial charge is 0.268 e. The molecule has 2 atom stereocenters. The third-order valence-electron chi connectivity index (χ3n) is 4.34. The maximum absolute atomic E-state index is 12.4. The van der Waals surface area contributed by atoms with Crippen molar-refractivity contribution in [2.24, 2.45) is 5.41 Å². The molecule has 1 aromatic heterocycles. The maximum Gasteiger partial charge on any atom is 0.268 e. The van der Waals surface area contributed by atoms with Crippen LogP contribution in [0.2, 0.25) is 0 Å². The number of hydrogen-bond donors (Lipinski definition) is 2. The van der Waals surface area contributed by atoms with Crippen LogP contribution >= 0.6 is 0 Å². The van der Waals surface area contributed by atoms with Crippen LogP contribution in [0.5, 0.6) is 0 Å². The number of nitrogens with two attached hydrogens (primary N) is 1. The lowest BCUT2D eigenvalue weighted by atomic mass is 9.64. The Labute approximate surface area is 120 Å². The summed E-state index contributed by atoms with van der Waals surface area (Å²) in [6, 6.07) is 1.87. The van der Waals surface area contributed by atoms with Gasteiger partial charge >= 0.3 is 0 Å². The first-order valence-corrected chi connectivity index (χ1v) is 7.28. The van der Waals surface area contributed by atoms with Gasteiger partial charge in [-0.2, -0.15) is 0 Å². The van der Waals surface area contributed by atoms with Crippen LogP contribution < -0.4 is 11.1 Å². The number of rotatable bonds is 5. The molecule has 0 aliphatic heterocycles. The van der Waals surface area contributed by atoms with Crippen molar-refractivity contribution in [3.8, 4) is 0 Å². The van der Waals surface area contributed by atoms with Gasteiger partial charge in [-0.1, -0.05) is 13.8 Å². The highest BCUT2D eigenvalue weighted by molar-refractivity contribution is 5.94. The van der Waals surface area contributed by atoms with E-state index in [1.807, 2.05) is 18.4 Å². The second-order valence-corrected chi connectivity index (χ2v) is 5.97. The van der Waals surface area contributed by atoms with Crippen LogP contribution in [0.1, 0.15) is 44.6 Å². The molecule has 5 nitrogen and oxygen atoms in total. The average Bonchev–Trinajstić information content (AvgIpc) is 2.78. The minimum atomic E-state index is -0.0587. The zero-order valence-corrected chi connectivity index (χ0v) is 12.8. The summed E-state index contributed by atoms with van der Waals surface area (Å²) in [4.78, 5) is 12.4. The Hall–Kier alpha value is -1.49. The second-order valence-electron chi connectivity index (χ2n) is 5.97. The number of carbonyl (C=O) groups excluding carboxylic acids is 1. The highest BCUT2D eigenvalue weighted by atomic mass is 16.5. The van der Waals surface area contributed by atoms with Crippen LogP contribution in [0.4, 0.5) is 5.69 Å². The quantitative estimate of drug-likeness (QED) is 0.866. The van der Waals surface area contributed by atoms with Gasteiger partial charge in [0.05, 0.1) is 11.8 Å². The van der Waals surface area contributed by atoms with Gasteiger partial charge in [-0.3, -0.25) is 4.79 Å². The van der Waals surface area contributed by atoms with Crippen molar-refractivity contribution in [2.45, 2.75) is 52.8 Å². The Balaban J connectivity index is 2.02. The third kappa shape index (κ3) is 2.54. The number of nitrogens with one attached hydrogen (secondary N) is 1. The van der Waals surface area contributed by atoms with Crippen LogP contribution in [-0.2, 0) is 11.3 Å². The van der Waals surface area contributed by atoms with Crippen LogP contribution in [0, 0.1) is 5.41 Å². The zero-order valence-electron chi connectivity index (χ0n) is 12.8. The van der Waals surface area contributed by atoms with E-state index in [4.69, 9.17) is 10.5 Å². The highest BCUT2D eigenvalue weighted by Crippen LogP contribution is 2.42. The molecule has 1 fully saturated rings. The van der Waals surface area contributed by atoms with Gasteiger partial charge in [0, 0.05) is 30.8 Å². The van der Waals surface area contributed by atoms with Crippen molar-refractivity contribution in [2.75, 3.05) is 12.3 Å². The molecule has 1 amide bonds. The Morgan fingerprint density at radius 3 is 2.80 bits per heavy atom. The predicted molar refractivity (Wildman–Crippen MR) is 79.6 cm³/mol. The van der Waals surface area contributed by atoms with E-state index in [0.29, 0.717) is 18.0 Å². The standard InChI is InChI=1S/C15H25N3O2/c1-5-18-9-10(16)7-11(18)14(19)17-12-8-13(20-6-2)15(12,3)4/h7,9,12-13H,5-6,8,16H2,1-4H3,(H,17,19). The van der Waals surface area contributed by atoms with E-state index in [0.717, 1.165) is 13.0 Å². The molecule has 112 valence electrons. The number of hydrogen-bond acceptors (Lipinski definition) is 3. The summed E-state index contributed by atoms with van der Waals surface area (Å²) in [5.74, 6) is -0.0587. The number of aryl methyl sites for hydroxylation is 1. The first kappa shape index (κ1) is 14.9. The zero-order chi connectivity index (χ0) is 14.9. The minimum absolute atomic E-state index is 0.0269. The van der Waals surface area contributed by atoms with E-state index in [1.165, 1.54) is 0 Å². The summed E-state index contributed by atoms with van der Waals surface area (Å²) < 4.78 is 7.55. The molecule has 1 aliphatic rings. The summed E-state index contributed by atoms with van der Waals surface area (Å²) in [5.41, 5.74) is 6.99. The fourth-order valence-electron chi connectivity index (χ4n) is 2.83. The molecule has 0 radical (unpaired) electrons. The van der Waals surface area contributed by atoms with Gasteiger partial charge in [0.15, 0.2) is 0 Å². The Kier molecular flexibility index (Phi) is 4.09. The number of aromatic nitrogens is 1. The summed E-state index contributed by atoms with van der Waals surface area (Å²) in [6.45, 7) is 9.71. The van der Waals surface area contributed by atoms with E-state index >= 15 is 0 Å². The summed E-state index contributed by atoms with van der Waals surface area (Å²) in [6.07, 6.45) is 2.89. The van der Waals surface area contributed by atoms with Crippen LogP contribution in [0.25, 0.3) is 0 Å². The van der Waals surface area contributed by atoms with Crippen molar-refractivity contribution in [1.29, 1.82) is 0 Å². The lowest BCUT2D eigenvalue weighted by molar-refractivity contribution is -0.111. The largest absolute Gasteiger partial charge is 0.397 e. The number of nitrogens with zero attached hydrogens (tertiary/aromatic N) is 1. The van der Waals surface area contributed by atoms with Gasteiger partial charge in [-0.25, -0.2) is 0 Å². The van der Waals surface area contributed by atoms with Gasteiger partial charge in [0.1, 0.15) is 5.69 Å². The molecule has 0 spiro atoms. The molecule has 5 heteroatoms. The number of ether oxygens (including phenoxy) is 1. The molecule has 2 unspecified atom stereocenters. The summed E-state index contributed by atoms with van der Waals surface area (Å²) in [5, 5.41) is 3.10. The molecule has 0 aromatic carbocycles. The highest BCUT2D eigenvalue weighted by Gasteiger charge is 2.49. The van der Waals surface area contributed by atoms with Crippen LogP contribution in [-0.4, -0.2) is 29.2 Å². The molecule has 1 aromatic rings. The molecule has 1 saturated carbocycles. The Morgan fingerprint density at radius 1 is 1.55 bits per heavy atom. The predicted octanol–water partition coefficient (Wildman–Crippen LogP) is 2.02. The lowest BCUT2D eigenvalue weighted by Crippen LogP contribution is -2.62. The van der Waals surface area contributed by atoms with Gasteiger partial charge < -0.3 is 20.4 Å². The Morgan fingerprint density at radius 2 is 2.25 bits per heavy atom. The van der Waals surface area contributed by atoms with Gasteiger partial charge in [0.2, 0.25) is 0 Å². The normalized spacial score (nSPS) is 24.2. The number of anilines is 1. The van der Waals surface area contributed by atoms with Crippen molar-refractivity contribution in [1.82, 2.24) is 9.88 Å². The molecule has 20 heavy (non-hydrogen) atoms.